The van der Waals surface area contributed by atoms with Crippen LogP contribution >= 0.6 is 12.0 Å². The predicted octanol–water partition coefficient (Wildman–Crippen LogP) is 9.75. The van der Waals surface area contributed by atoms with E-state index in [1.807, 2.05) is 0 Å². The van der Waals surface area contributed by atoms with E-state index in [1.54, 1.807) is 0 Å². The van der Waals surface area contributed by atoms with Gasteiger partial charge in [0.1, 0.15) is 23.4 Å². The maximum atomic E-state index is 13.3. The van der Waals surface area contributed by atoms with Crippen LogP contribution in [0.4, 0.5) is 8.78 Å². The number of halogens is 2. The minimum atomic E-state index is -3.50. The Hall–Kier alpha value is -3.16. The van der Waals surface area contributed by atoms with Gasteiger partial charge in [0, 0.05) is 12.1 Å². The molecule has 12 heteroatoms. The molecule has 8 fully saturated rings. The van der Waals surface area contributed by atoms with Gasteiger partial charge in [-0.3, -0.25) is 9.83 Å². The molecule has 3 aromatic rings. The largest absolute Gasteiger partial charge is 0.691 e. The summed E-state index contributed by atoms with van der Waals surface area (Å²) >= 11 is -0.448. The van der Waals surface area contributed by atoms with Crippen LogP contribution in [0.2, 0.25) is 0 Å². The Labute approximate surface area is 347 Å². The summed E-state index contributed by atoms with van der Waals surface area (Å²) in [7, 11) is -0.216. The highest BCUT2D eigenvalue weighted by atomic mass is 32.2. The average Bonchev–Trinajstić information content (AvgIpc) is 3.18. The Kier molecular flexibility index (Phi) is 12.2. The second-order valence-electron chi connectivity index (χ2n) is 18.2. The monoisotopic (exact) mass is 836 g/mol. The molecule has 0 aromatic heterocycles. The molecule has 8 aliphatic rings. The molecule has 8 nitrogen and oxygen atoms in total. The zero-order valence-electron chi connectivity index (χ0n) is 33.5. The molecule has 0 aliphatic heterocycles. The molecular formula is C46H54F2O8S2. The summed E-state index contributed by atoms with van der Waals surface area (Å²) in [5, 5.41) is 8.94. The molecule has 0 unspecified atom stereocenters. The van der Waals surface area contributed by atoms with Gasteiger partial charge in [0.25, 0.3) is 0 Å². The molecule has 8 aliphatic carbocycles. The molecule has 312 valence electrons. The first-order valence-corrected chi connectivity index (χ1v) is 22.8. The van der Waals surface area contributed by atoms with E-state index in [-0.39, 0.29) is 29.1 Å². The van der Waals surface area contributed by atoms with Crippen molar-refractivity contribution < 1.29 is 47.2 Å². The highest BCUT2D eigenvalue weighted by Gasteiger charge is 2.58. The maximum absolute atomic E-state index is 13.3. The van der Waals surface area contributed by atoms with E-state index in [0.29, 0.717) is 29.6 Å². The Morgan fingerprint density at radius 1 is 0.759 bits per heavy atom. The van der Waals surface area contributed by atoms with Gasteiger partial charge >= 0.3 is 17.2 Å². The van der Waals surface area contributed by atoms with Gasteiger partial charge in [0.2, 0.25) is 0 Å². The third kappa shape index (κ3) is 8.83. The average molecular weight is 837 g/mol. The number of benzene rings is 3. The lowest BCUT2D eigenvalue weighted by molar-refractivity contribution is -0.777. The highest BCUT2D eigenvalue weighted by molar-refractivity contribution is 7.97. The maximum Gasteiger partial charge on any atom is 0.354 e. The topological polar surface area (TPSA) is 103 Å². The summed E-state index contributed by atoms with van der Waals surface area (Å²) < 4.78 is 47.4. The van der Waals surface area contributed by atoms with Crippen molar-refractivity contribution in [1.29, 1.82) is 0 Å². The summed E-state index contributed by atoms with van der Waals surface area (Å²) in [6.07, 6.45) is 12.1. The van der Waals surface area contributed by atoms with Crippen LogP contribution < -0.4 is 9.99 Å². The fraction of sp³-hybridized carbons (Fsp3) is 0.565. The van der Waals surface area contributed by atoms with Crippen molar-refractivity contribution in [2.45, 2.75) is 117 Å². The Bertz CT molecular complexity index is 1800. The van der Waals surface area contributed by atoms with Crippen LogP contribution in [0, 0.1) is 60.7 Å². The zero-order chi connectivity index (χ0) is 40.7. The molecule has 0 atom stereocenters. The second kappa shape index (κ2) is 17.1. The van der Waals surface area contributed by atoms with Crippen molar-refractivity contribution in [2.75, 3.05) is 13.2 Å². The molecule has 0 saturated heterocycles. The number of carbonyl (C=O) groups excluding carboxylic acids is 2. The SMILES string of the molecule is Cc1cc([S+](c2ccccc2)c2ccccc2)cc(C)c1OCC(=O)OC1(C)C2CC3CC(C2)CC1C3.O=C(OCC(F)(F)SOO[O-])C12CC3CC(CC(C3)C1)C2. The van der Waals surface area contributed by atoms with Crippen LogP contribution in [0.1, 0.15) is 88.7 Å². The highest BCUT2D eigenvalue weighted by Crippen LogP contribution is 2.61. The fourth-order valence-corrected chi connectivity index (χ4v) is 14.7. The number of rotatable bonds is 13. The van der Waals surface area contributed by atoms with E-state index < -0.39 is 35.3 Å². The van der Waals surface area contributed by atoms with Crippen molar-refractivity contribution >= 4 is 34.9 Å². The Balaban J connectivity index is 0.000000189. The summed E-state index contributed by atoms with van der Waals surface area (Å²) in [6, 6.07) is 25.8. The summed E-state index contributed by atoms with van der Waals surface area (Å²) in [5.41, 5.74) is 1.22. The molecule has 0 N–H and O–H groups in total. The van der Waals surface area contributed by atoms with Gasteiger partial charge in [-0.05, 0) is 168 Å². The van der Waals surface area contributed by atoms with E-state index in [0.717, 1.165) is 67.2 Å². The molecule has 8 saturated carbocycles. The van der Waals surface area contributed by atoms with Crippen LogP contribution in [0.25, 0.3) is 0 Å². The van der Waals surface area contributed by atoms with Gasteiger partial charge in [0.05, 0.1) is 16.3 Å². The number of carbonyl (C=O) groups is 2. The van der Waals surface area contributed by atoms with E-state index in [1.165, 1.54) is 46.8 Å². The molecular weight excluding hydrogens is 783 g/mol. The first kappa shape index (κ1) is 41.6. The van der Waals surface area contributed by atoms with Gasteiger partial charge in [-0.25, -0.2) is 4.79 Å². The third-order valence-corrected chi connectivity index (χ3v) is 16.8. The molecule has 0 spiro atoms. The number of alkyl halides is 2. The summed E-state index contributed by atoms with van der Waals surface area (Å²) in [5.74, 6) is 4.39. The van der Waals surface area contributed by atoms with Crippen molar-refractivity contribution in [3.8, 4) is 5.75 Å². The lowest BCUT2D eigenvalue weighted by Gasteiger charge is -2.59. The van der Waals surface area contributed by atoms with Gasteiger partial charge in [-0.1, -0.05) is 36.4 Å². The predicted molar refractivity (Wildman–Crippen MR) is 214 cm³/mol. The van der Waals surface area contributed by atoms with Crippen LogP contribution in [0.5, 0.6) is 5.75 Å². The quantitative estimate of drug-likeness (QED) is 0.0548. The third-order valence-electron chi connectivity index (χ3n) is 14.1. The van der Waals surface area contributed by atoms with Crippen molar-refractivity contribution in [3.63, 3.8) is 0 Å². The molecule has 11 rings (SSSR count). The van der Waals surface area contributed by atoms with Crippen molar-refractivity contribution in [1.82, 2.24) is 0 Å². The molecule has 58 heavy (non-hydrogen) atoms. The van der Waals surface area contributed by atoms with Crippen molar-refractivity contribution in [2.24, 2.45) is 46.8 Å². The van der Waals surface area contributed by atoms with E-state index in [9.17, 15) is 23.6 Å². The van der Waals surface area contributed by atoms with Crippen LogP contribution in [-0.2, 0) is 39.3 Å². The lowest BCUT2D eigenvalue weighted by Crippen LogP contribution is -2.58. The fourth-order valence-electron chi connectivity index (χ4n) is 12.2. The molecule has 0 radical (unpaired) electrons. The number of aryl methyl sites for hydroxylation is 2. The first-order valence-electron chi connectivity index (χ1n) is 20.8. The number of ether oxygens (including phenoxy) is 3. The minimum absolute atomic E-state index is 0.0357. The molecule has 3 aromatic carbocycles. The second-order valence-corrected chi connectivity index (χ2v) is 21.1. The van der Waals surface area contributed by atoms with Crippen LogP contribution in [0.3, 0.4) is 0 Å². The summed E-state index contributed by atoms with van der Waals surface area (Å²) in [4.78, 5) is 29.2. The van der Waals surface area contributed by atoms with Crippen molar-refractivity contribution in [3.05, 3.63) is 83.9 Å². The summed E-state index contributed by atoms with van der Waals surface area (Å²) in [6.45, 7) is 5.20. The smallest absolute Gasteiger partial charge is 0.354 e. The lowest BCUT2D eigenvalue weighted by atomic mass is 9.49. The van der Waals surface area contributed by atoms with Gasteiger partial charge < -0.3 is 19.5 Å². The van der Waals surface area contributed by atoms with Crippen LogP contribution in [0.15, 0.2) is 87.5 Å². The van der Waals surface area contributed by atoms with Gasteiger partial charge in [-0.15, -0.1) is 0 Å². The van der Waals surface area contributed by atoms with E-state index in [2.05, 4.69) is 103 Å². The standard InChI is InChI=1S/C33H37O3S.C13H18F2O5S/c1-22-14-30(37(28-10-6-4-7-11-28)29-12-8-5-9-13-29)15-23(2)32(22)35-21-31(34)36-33(3)26-17-24-16-25(19-26)20-27(33)18-24;14-13(15,21-20-19-17)7-18-11(16)12-4-8-1-9(5-12)3-10(2-8)6-12/h4-15,24-27H,16-21H2,1-3H3;8-10,17H,1-7H2/q+1;/p-1. The first-order chi connectivity index (χ1) is 27.8. The van der Waals surface area contributed by atoms with Crippen LogP contribution in [-0.4, -0.2) is 36.0 Å². The molecule has 0 amide bonds. The molecule has 8 bridgehead atoms. The number of esters is 2. The Morgan fingerprint density at radius 2 is 1.24 bits per heavy atom. The zero-order valence-corrected chi connectivity index (χ0v) is 35.1. The van der Waals surface area contributed by atoms with E-state index >= 15 is 0 Å². The normalized spacial score (nSPS) is 31.5. The van der Waals surface area contributed by atoms with Gasteiger partial charge in [-0.2, -0.15) is 13.1 Å². The minimum Gasteiger partial charge on any atom is -0.691 e. The molecule has 0 heterocycles. The van der Waals surface area contributed by atoms with Gasteiger partial charge in [0.15, 0.2) is 27.9 Å². The Morgan fingerprint density at radius 3 is 1.72 bits per heavy atom. The van der Waals surface area contributed by atoms with E-state index in [4.69, 9.17) is 14.2 Å². The number of hydrogen-bond donors (Lipinski definition) is 0. The number of hydrogen-bond acceptors (Lipinski definition) is 9.